The molecule has 1 rings (SSSR count). The Morgan fingerprint density at radius 3 is 2.48 bits per heavy atom. The highest BCUT2D eigenvalue weighted by Crippen LogP contribution is 2.22. The minimum Gasteiger partial charge on any atom is -0.300 e. The number of nitrogens with one attached hydrogen (secondary N) is 2. The van der Waals surface area contributed by atoms with Gasteiger partial charge in [0, 0.05) is 6.07 Å². The highest BCUT2D eigenvalue weighted by molar-refractivity contribution is 5.91. The summed E-state index contributed by atoms with van der Waals surface area (Å²) in [5.74, 6) is 0. The lowest BCUT2D eigenvalue weighted by Gasteiger charge is -2.08. The number of para-hydroxylation sites is 2. The zero-order valence-corrected chi connectivity index (χ0v) is 13.5. The van der Waals surface area contributed by atoms with Gasteiger partial charge >= 0.3 is 6.03 Å². The van der Waals surface area contributed by atoms with Crippen LogP contribution in [-0.4, -0.2) is 17.6 Å². The standard InChI is InChI=1S/C16H25N3O4/c1-2-3-4-5-6-7-10-13-23-18-16(20)17-14-11-8-9-12-15(14)19(21)22/h8-9,11-12H,2-7,10,13H2,1H3,(H2,17,18,20). The Kier molecular flexibility index (Phi) is 9.38. The van der Waals surface area contributed by atoms with Crippen LogP contribution < -0.4 is 10.8 Å². The van der Waals surface area contributed by atoms with Gasteiger partial charge in [0.25, 0.3) is 5.69 Å². The molecule has 0 spiro atoms. The molecule has 7 heteroatoms. The molecule has 1 aromatic rings. The smallest absolute Gasteiger partial charge is 0.300 e. The number of amides is 2. The van der Waals surface area contributed by atoms with Crippen LogP contribution in [0.3, 0.4) is 0 Å². The van der Waals surface area contributed by atoms with E-state index in [1.54, 1.807) is 6.07 Å². The van der Waals surface area contributed by atoms with E-state index >= 15 is 0 Å². The number of anilines is 1. The van der Waals surface area contributed by atoms with E-state index in [1.807, 2.05) is 0 Å². The van der Waals surface area contributed by atoms with Gasteiger partial charge < -0.3 is 5.32 Å². The van der Waals surface area contributed by atoms with Crippen molar-refractivity contribution in [2.45, 2.75) is 51.9 Å². The molecule has 0 bridgehead atoms. The zero-order valence-electron chi connectivity index (χ0n) is 13.5. The minimum absolute atomic E-state index is 0.134. The second kappa shape index (κ2) is 11.4. The van der Waals surface area contributed by atoms with Gasteiger partial charge in [-0.25, -0.2) is 10.3 Å². The summed E-state index contributed by atoms with van der Waals surface area (Å²) in [7, 11) is 0. The van der Waals surface area contributed by atoms with Crippen LogP contribution in [0.2, 0.25) is 0 Å². The van der Waals surface area contributed by atoms with Crippen molar-refractivity contribution in [1.82, 2.24) is 5.48 Å². The van der Waals surface area contributed by atoms with Gasteiger partial charge in [0.15, 0.2) is 0 Å². The minimum atomic E-state index is -0.623. The maximum absolute atomic E-state index is 11.6. The first kappa shape index (κ1) is 18.9. The molecule has 0 heterocycles. The topological polar surface area (TPSA) is 93.5 Å². The second-order valence-corrected chi connectivity index (χ2v) is 5.30. The molecular formula is C16H25N3O4. The molecule has 1 aromatic carbocycles. The molecule has 0 aromatic heterocycles. The van der Waals surface area contributed by atoms with Crippen molar-refractivity contribution in [3.8, 4) is 0 Å². The third-order valence-corrected chi connectivity index (χ3v) is 3.36. The van der Waals surface area contributed by atoms with Gasteiger partial charge in [-0.05, 0) is 12.5 Å². The van der Waals surface area contributed by atoms with Crippen LogP contribution in [0.4, 0.5) is 16.2 Å². The zero-order chi connectivity index (χ0) is 16.9. The number of hydrogen-bond donors (Lipinski definition) is 2. The van der Waals surface area contributed by atoms with Crippen LogP contribution in [0, 0.1) is 10.1 Å². The molecule has 0 unspecified atom stereocenters. The summed E-state index contributed by atoms with van der Waals surface area (Å²) < 4.78 is 0. The fraction of sp³-hybridized carbons (Fsp3) is 0.562. The number of nitro benzene ring substituents is 1. The molecule has 0 atom stereocenters. The van der Waals surface area contributed by atoms with Gasteiger partial charge in [0.2, 0.25) is 0 Å². The largest absolute Gasteiger partial charge is 0.343 e. The Bertz CT molecular complexity index is 494. The van der Waals surface area contributed by atoms with Crippen LogP contribution in [0.5, 0.6) is 0 Å². The van der Waals surface area contributed by atoms with Crippen molar-refractivity contribution < 1.29 is 14.6 Å². The predicted octanol–water partition coefficient (Wildman–Crippen LogP) is 4.40. The number of benzene rings is 1. The maximum Gasteiger partial charge on any atom is 0.343 e. The molecule has 2 N–H and O–H groups in total. The van der Waals surface area contributed by atoms with E-state index in [9.17, 15) is 14.9 Å². The Balaban J connectivity index is 2.15. The van der Waals surface area contributed by atoms with Crippen molar-refractivity contribution >= 4 is 17.4 Å². The Morgan fingerprint density at radius 1 is 1.13 bits per heavy atom. The normalized spacial score (nSPS) is 10.3. The van der Waals surface area contributed by atoms with Crippen LogP contribution in [0.15, 0.2) is 24.3 Å². The van der Waals surface area contributed by atoms with Crippen molar-refractivity contribution in [3.63, 3.8) is 0 Å². The number of unbranched alkanes of at least 4 members (excludes halogenated alkanes) is 6. The first-order valence-corrected chi connectivity index (χ1v) is 8.07. The lowest BCUT2D eigenvalue weighted by Crippen LogP contribution is -2.29. The number of hydroxylamine groups is 1. The Labute approximate surface area is 136 Å². The van der Waals surface area contributed by atoms with E-state index < -0.39 is 11.0 Å². The average Bonchev–Trinajstić information content (AvgIpc) is 2.53. The highest BCUT2D eigenvalue weighted by atomic mass is 16.7. The molecular weight excluding hydrogens is 298 g/mol. The fourth-order valence-electron chi connectivity index (χ4n) is 2.13. The summed E-state index contributed by atoms with van der Waals surface area (Å²) in [6, 6.07) is 5.32. The van der Waals surface area contributed by atoms with E-state index in [2.05, 4.69) is 17.7 Å². The maximum atomic E-state index is 11.6. The van der Waals surface area contributed by atoms with Crippen molar-refractivity contribution in [2.75, 3.05) is 11.9 Å². The van der Waals surface area contributed by atoms with Crippen LogP contribution in [0.25, 0.3) is 0 Å². The van der Waals surface area contributed by atoms with E-state index in [1.165, 1.54) is 50.3 Å². The first-order chi connectivity index (χ1) is 11.1. The first-order valence-electron chi connectivity index (χ1n) is 8.07. The molecule has 128 valence electrons. The third-order valence-electron chi connectivity index (χ3n) is 3.36. The second-order valence-electron chi connectivity index (χ2n) is 5.30. The fourth-order valence-corrected chi connectivity index (χ4v) is 2.13. The molecule has 0 aliphatic rings. The summed E-state index contributed by atoms with van der Waals surface area (Å²) in [5, 5.41) is 13.2. The third kappa shape index (κ3) is 8.15. The lowest BCUT2D eigenvalue weighted by molar-refractivity contribution is -0.383. The van der Waals surface area contributed by atoms with Gasteiger partial charge in [-0.3, -0.25) is 15.0 Å². The van der Waals surface area contributed by atoms with Gasteiger partial charge in [-0.15, -0.1) is 0 Å². The molecule has 0 saturated carbocycles. The lowest BCUT2D eigenvalue weighted by atomic mass is 10.1. The monoisotopic (exact) mass is 323 g/mol. The van der Waals surface area contributed by atoms with Crippen LogP contribution in [-0.2, 0) is 4.84 Å². The average molecular weight is 323 g/mol. The SMILES string of the molecule is CCCCCCCCCONC(=O)Nc1ccccc1[N+](=O)[O-]. The Hall–Kier alpha value is -2.15. The van der Waals surface area contributed by atoms with Gasteiger partial charge in [0.05, 0.1) is 11.5 Å². The van der Waals surface area contributed by atoms with E-state index in [-0.39, 0.29) is 11.4 Å². The van der Waals surface area contributed by atoms with Gasteiger partial charge in [-0.1, -0.05) is 57.6 Å². The molecule has 0 saturated heterocycles. The number of urea groups is 1. The van der Waals surface area contributed by atoms with Crippen molar-refractivity contribution in [2.24, 2.45) is 0 Å². The molecule has 23 heavy (non-hydrogen) atoms. The van der Waals surface area contributed by atoms with E-state index in [4.69, 9.17) is 4.84 Å². The summed E-state index contributed by atoms with van der Waals surface area (Å²) in [6.45, 7) is 2.62. The molecule has 7 nitrogen and oxygen atoms in total. The Morgan fingerprint density at radius 2 is 1.78 bits per heavy atom. The molecule has 2 amide bonds. The van der Waals surface area contributed by atoms with Crippen LogP contribution in [0.1, 0.15) is 51.9 Å². The molecule has 0 radical (unpaired) electrons. The molecule has 0 fully saturated rings. The number of rotatable bonds is 11. The number of carbonyl (C=O) groups excluding carboxylic acids is 1. The van der Waals surface area contributed by atoms with Gasteiger partial charge in [-0.2, -0.15) is 0 Å². The number of carbonyl (C=O) groups is 1. The van der Waals surface area contributed by atoms with E-state index in [0.717, 1.165) is 12.8 Å². The quantitative estimate of drug-likeness (QED) is 0.358. The van der Waals surface area contributed by atoms with Gasteiger partial charge in [0.1, 0.15) is 5.69 Å². The highest BCUT2D eigenvalue weighted by Gasteiger charge is 2.14. The number of nitrogens with zero attached hydrogens (tertiary/aromatic N) is 1. The predicted molar refractivity (Wildman–Crippen MR) is 89.2 cm³/mol. The summed E-state index contributed by atoms with van der Waals surface area (Å²) in [6.07, 6.45) is 8.14. The number of hydrogen-bond acceptors (Lipinski definition) is 4. The molecule has 0 aliphatic heterocycles. The number of nitro groups is 1. The van der Waals surface area contributed by atoms with Crippen molar-refractivity contribution in [1.29, 1.82) is 0 Å². The summed E-state index contributed by atoms with van der Waals surface area (Å²) in [5.41, 5.74) is 2.21. The van der Waals surface area contributed by atoms with E-state index in [0.29, 0.717) is 6.61 Å². The van der Waals surface area contributed by atoms with Crippen molar-refractivity contribution in [3.05, 3.63) is 34.4 Å². The summed E-state index contributed by atoms with van der Waals surface area (Å²) >= 11 is 0. The summed E-state index contributed by atoms with van der Waals surface area (Å²) in [4.78, 5) is 27.0. The molecule has 0 aliphatic carbocycles. The van der Waals surface area contributed by atoms with Crippen LogP contribution >= 0.6 is 0 Å².